The van der Waals surface area contributed by atoms with Crippen LogP contribution < -0.4 is 0 Å². The van der Waals surface area contributed by atoms with Gasteiger partial charge in [0.15, 0.2) is 0 Å². The van der Waals surface area contributed by atoms with Crippen LogP contribution >= 0.6 is 11.6 Å². The van der Waals surface area contributed by atoms with Crippen LogP contribution in [0.3, 0.4) is 0 Å². The van der Waals surface area contributed by atoms with Crippen LogP contribution in [0.2, 0.25) is 6.55 Å². The van der Waals surface area contributed by atoms with Crippen molar-refractivity contribution in [1.82, 2.24) is 0 Å². The van der Waals surface area contributed by atoms with Gasteiger partial charge in [0.2, 0.25) is 0 Å². The Morgan fingerprint density at radius 2 is 2.56 bits per heavy atom. The van der Waals surface area contributed by atoms with Crippen molar-refractivity contribution in [3.8, 4) is 0 Å². The third-order valence-corrected chi connectivity index (χ3v) is 3.69. The van der Waals surface area contributed by atoms with Gasteiger partial charge in [-0.2, -0.15) is 0 Å². The number of rotatable bonds is 1. The molecule has 1 aliphatic carbocycles. The molecular weight excluding hydrogens is 148 g/mol. The lowest BCUT2D eigenvalue weighted by molar-refractivity contribution is 0.726. The molecule has 1 aliphatic rings. The average Bonchev–Trinajstić information content (AvgIpc) is 1.88. The quantitative estimate of drug-likeness (QED) is 0.406. The predicted molar refractivity (Wildman–Crippen MR) is 46.0 cm³/mol. The maximum absolute atomic E-state index is 5.94. The minimum Gasteiger partial charge on any atom is -0.118 e. The first kappa shape index (κ1) is 7.36. The first-order chi connectivity index (χ1) is 4.33. The predicted octanol–water partition coefficient (Wildman–Crippen LogP) is 1.88. The summed E-state index contributed by atoms with van der Waals surface area (Å²) in [4.78, 5) is 0. The fourth-order valence-electron chi connectivity index (χ4n) is 1.24. The molecule has 0 aromatic rings. The van der Waals surface area contributed by atoms with Gasteiger partial charge in [-0.25, -0.2) is 0 Å². The second-order valence-corrected chi connectivity index (χ2v) is 4.76. The van der Waals surface area contributed by atoms with Crippen LogP contribution in [-0.2, 0) is 0 Å². The topological polar surface area (TPSA) is 0 Å². The summed E-state index contributed by atoms with van der Waals surface area (Å²) < 4.78 is 0. The molecular formula is C7H13ClSi. The van der Waals surface area contributed by atoms with Crippen molar-refractivity contribution >= 4 is 21.1 Å². The molecule has 52 valence electrons. The zero-order valence-corrected chi connectivity index (χ0v) is 8.03. The van der Waals surface area contributed by atoms with Crippen LogP contribution in [-0.4, -0.2) is 14.9 Å². The monoisotopic (exact) mass is 160 g/mol. The second-order valence-electron chi connectivity index (χ2n) is 2.59. The number of allylic oxidation sites excluding steroid dienone is 2. The molecule has 0 fully saturated rings. The Bertz CT molecular complexity index is 120. The number of alkyl halides is 1. The van der Waals surface area contributed by atoms with E-state index in [1.807, 2.05) is 0 Å². The highest BCUT2D eigenvalue weighted by atomic mass is 35.5. The molecule has 0 nitrogen and oxygen atoms in total. The van der Waals surface area contributed by atoms with Gasteiger partial charge in [-0.3, -0.25) is 0 Å². The highest BCUT2D eigenvalue weighted by Crippen LogP contribution is 2.20. The third kappa shape index (κ3) is 2.15. The summed E-state index contributed by atoms with van der Waals surface area (Å²) in [5.41, 5.74) is 0. The second kappa shape index (κ2) is 3.42. The van der Waals surface area contributed by atoms with Crippen molar-refractivity contribution in [3.63, 3.8) is 0 Å². The Hall–Kier alpha value is 0.247. The Morgan fingerprint density at radius 1 is 1.78 bits per heavy atom. The SMILES string of the molecule is C[SiH2]C1=CC(Cl)CCC1. The molecule has 0 saturated carbocycles. The van der Waals surface area contributed by atoms with Crippen LogP contribution in [0.1, 0.15) is 19.3 Å². The van der Waals surface area contributed by atoms with Crippen molar-refractivity contribution < 1.29 is 0 Å². The van der Waals surface area contributed by atoms with Gasteiger partial charge >= 0.3 is 0 Å². The molecule has 1 unspecified atom stereocenters. The van der Waals surface area contributed by atoms with Gasteiger partial charge in [-0.15, -0.1) is 11.6 Å². The molecule has 0 aliphatic heterocycles. The highest BCUT2D eigenvalue weighted by Gasteiger charge is 2.08. The van der Waals surface area contributed by atoms with E-state index in [2.05, 4.69) is 12.6 Å². The van der Waals surface area contributed by atoms with Gasteiger partial charge in [0.05, 0.1) is 5.38 Å². The molecule has 0 radical (unpaired) electrons. The van der Waals surface area contributed by atoms with Crippen molar-refractivity contribution in [2.24, 2.45) is 0 Å². The number of hydrogen-bond acceptors (Lipinski definition) is 0. The summed E-state index contributed by atoms with van der Waals surface area (Å²) in [6.07, 6.45) is 6.13. The highest BCUT2D eigenvalue weighted by molar-refractivity contribution is 6.44. The van der Waals surface area contributed by atoms with E-state index >= 15 is 0 Å². The van der Waals surface area contributed by atoms with Gasteiger partial charge in [0.25, 0.3) is 0 Å². The minimum atomic E-state index is 0.113. The largest absolute Gasteiger partial charge is 0.118 e. The molecule has 1 rings (SSSR count). The Morgan fingerprint density at radius 3 is 3.00 bits per heavy atom. The van der Waals surface area contributed by atoms with E-state index in [1.165, 1.54) is 19.3 Å². The first-order valence-corrected chi connectivity index (χ1v) is 6.22. The lowest BCUT2D eigenvalue weighted by atomic mass is 10.1. The molecule has 2 heteroatoms. The van der Waals surface area contributed by atoms with Crippen LogP contribution in [0.15, 0.2) is 11.3 Å². The van der Waals surface area contributed by atoms with E-state index in [9.17, 15) is 0 Å². The number of hydrogen-bond donors (Lipinski definition) is 0. The molecule has 0 amide bonds. The van der Waals surface area contributed by atoms with Gasteiger partial charge in [-0.1, -0.05) is 17.8 Å². The molecule has 0 aromatic heterocycles. The summed E-state index contributed by atoms with van der Waals surface area (Å²) in [6, 6.07) is 0. The maximum Gasteiger partial charge on any atom is 0.0514 e. The summed E-state index contributed by atoms with van der Waals surface area (Å²) in [6.45, 7) is 2.33. The molecule has 0 N–H and O–H groups in total. The summed E-state index contributed by atoms with van der Waals surface area (Å²) in [5, 5.41) is 2.04. The Kier molecular flexibility index (Phi) is 2.80. The van der Waals surface area contributed by atoms with Crippen LogP contribution in [0.25, 0.3) is 0 Å². The Labute approximate surface area is 64.1 Å². The maximum atomic E-state index is 5.94. The molecule has 0 saturated heterocycles. The van der Waals surface area contributed by atoms with Gasteiger partial charge in [0.1, 0.15) is 0 Å². The summed E-state index contributed by atoms with van der Waals surface area (Å²) >= 11 is 5.94. The van der Waals surface area contributed by atoms with Crippen LogP contribution in [0, 0.1) is 0 Å². The zero-order chi connectivity index (χ0) is 6.69. The molecule has 0 aromatic carbocycles. The minimum absolute atomic E-state index is 0.113. The van der Waals surface area contributed by atoms with Crippen LogP contribution in [0.5, 0.6) is 0 Å². The number of halogens is 1. The van der Waals surface area contributed by atoms with Crippen molar-refractivity contribution in [2.75, 3.05) is 0 Å². The zero-order valence-electron chi connectivity index (χ0n) is 5.86. The van der Waals surface area contributed by atoms with Gasteiger partial charge < -0.3 is 0 Å². The molecule has 0 heterocycles. The lowest BCUT2D eigenvalue weighted by Crippen LogP contribution is -2.05. The van der Waals surface area contributed by atoms with Crippen LogP contribution in [0.4, 0.5) is 0 Å². The third-order valence-electron chi connectivity index (χ3n) is 1.85. The molecule has 1 atom stereocenters. The standard InChI is InChI=1S/C7H13ClSi/c1-9-7-4-2-3-6(8)5-7/h5-6H,2-4,9H2,1H3. The van der Waals surface area contributed by atoms with Gasteiger partial charge in [-0.05, 0) is 19.3 Å². The van der Waals surface area contributed by atoms with E-state index in [0.29, 0.717) is 5.38 Å². The Balaban J connectivity index is 2.49. The molecule has 9 heavy (non-hydrogen) atoms. The van der Waals surface area contributed by atoms with E-state index in [0.717, 1.165) is 0 Å². The summed E-state index contributed by atoms with van der Waals surface area (Å²) in [5.74, 6) is 0. The van der Waals surface area contributed by atoms with E-state index < -0.39 is 0 Å². The van der Waals surface area contributed by atoms with Crippen molar-refractivity contribution in [2.45, 2.75) is 31.2 Å². The van der Waals surface area contributed by atoms with E-state index in [-0.39, 0.29) is 9.52 Å². The van der Waals surface area contributed by atoms with E-state index in [4.69, 9.17) is 11.6 Å². The fourth-order valence-corrected chi connectivity index (χ4v) is 2.85. The molecule has 0 spiro atoms. The van der Waals surface area contributed by atoms with Crippen molar-refractivity contribution in [1.29, 1.82) is 0 Å². The van der Waals surface area contributed by atoms with E-state index in [1.54, 1.807) is 5.20 Å². The fraction of sp³-hybridized carbons (Fsp3) is 0.714. The first-order valence-electron chi connectivity index (χ1n) is 3.66. The van der Waals surface area contributed by atoms with Crippen molar-refractivity contribution in [3.05, 3.63) is 11.3 Å². The summed E-state index contributed by atoms with van der Waals surface area (Å²) in [7, 11) is 0.113. The van der Waals surface area contributed by atoms with Gasteiger partial charge in [0, 0.05) is 9.52 Å². The lowest BCUT2D eigenvalue weighted by Gasteiger charge is -2.14. The molecule has 0 bridgehead atoms. The average molecular weight is 161 g/mol. The normalized spacial score (nSPS) is 29.1. The smallest absolute Gasteiger partial charge is 0.0514 e.